The summed E-state index contributed by atoms with van der Waals surface area (Å²) >= 11 is 0. The molecule has 110 valence electrons. The lowest BCUT2D eigenvalue weighted by Crippen LogP contribution is -2.27. The topological polar surface area (TPSA) is 57.9 Å². The molecule has 5 heteroatoms. The first-order valence-corrected chi connectivity index (χ1v) is 6.57. The predicted octanol–water partition coefficient (Wildman–Crippen LogP) is 2.99. The average Bonchev–Trinajstić information content (AvgIpc) is 2.44. The first-order chi connectivity index (χ1) is 9.96. The lowest BCUT2D eigenvalue weighted by molar-refractivity contribution is 0.160. The van der Waals surface area contributed by atoms with Crippen LogP contribution in [0.3, 0.4) is 0 Å². The molecule has 2 aromatic rings. The van der Waals surface area contributed by atoms with Gasteiger partial charge in [-0.15, -0.1) is 0 Å². The maximum absolute atomic E-state index is 11.5. The Morgan fingerprint density at radius 1 is 1.10 bits per heavy atom. The first-order valence-electron chi connectivity index (χ1n) is 6.57. The highest BCUT2D eigenvalue weighted by Gasteiger charge is 2.29. The molecule has 3 rings (SSSR count). The minimum Gasteiger partial charge on any atom is -0.492 e. The van der Waals surface area contributed by atoms with Crippen molar-refractivity contribution in [3.8, 4) is 17.2 Å². The fourth-order valence-electron chi connectivity index (χ4n) is 2.47. The van der Waals surface area contributed by atoms with Crippen LogP contribution in [0, 0.1) is 0 Å². The van der Waals surface area contributed by atoms with Crippen molar-refractivity contribution in [3.05, 3.63) is 34.2 Å². The van der Waals surface area contributed by atoms with Gasteiger partial charge in [0.1, 0.15) is 11.4 Å². The third-order valence-electron chi connectivity index (χ3n) is 3.40. The van der Waals surface area contributed by atoms with Gasteiger partial charge in [0, 0.05) is 6.07 Å². The smallest absolute Gasteiger partial charge is 0.336 e. The highest BCUT2D eigenvalue weighted by molar-refractivity contribution is 5.96. The predicted molar refractivity (Wildman–Crippen MR) is 79.3 cm³/mol. The fraction of sp³-hybridized carbons (Fsp3) is 0.312. The van der Waals surface area contributed by atoms with E-state index in [2.05, 4.69) is 0 Å². The molecule has 0 amide bonds. The normalized spacial score (nSPS) is 15.4. The Labute approximate surface area is 121 Å². The minimum absolute atomic E-state index is 0.326. The van der Waals surface area contributed by atoms with Crippen LogP contribution in [0.25, 0.3) is 17.0 Å². The molecule has 1 aromatic carbocycles. The zero-order chi connectivity index (χ0) is 15.2. The summed E-state index contributed by atoms with van der Waals surface area (Å²) in [6, 6.07) is 3.04. The summed E-state index contributed by atoms with van der Waals surface area (Å²) in [5.74, 6) is 1.50. The zero-order valence-electron chi connectivity index (χ0n) is 12.4. The maximum atomic E-state index is 11.5. The second-order valence-electron chi connectivity index (χ2n) is 5.35. The second kappa shape index (κ2) is 4.55. The van der Waals surface area contributed by atoms with E-state index in [4.69, 9.17) is 18.6 Å². The summed E-state index contributed by atoms with van der Waals surface area (Å²) in [6.07, 6.45) is 3.88. The summed E-state index contributed by atoms with van der Waals surface area (Å²) in [5.41, 5.74) is 0.200. The molecule has 0 radical (unpaired) electrons. The molecule has 0 unspecified atom stereocenters. The Morgan fingerprint density at radius 2 is 1.81 bits per heavy atom. The van der Waals surface area contributed by atoms with Gasteiger partial charge in [0.25, 0.3) is 0 Å². The van der Waals surface area contributed by atoms with Gasteiger partial charge in [0.2, 0.25) is 5.75 Å². The van der Waals surface area contributed by atoms with Gasteiger partial charge in [0.05, 0.1) is 25.2 Å². The van der Waals surface area contributed by atoms with Gasteiger partial charge in [-0.25, -0.2) is 4.79 Å². The van der Waals surface area contributed by atoms with Gasteiger partial charge in [-0.3, -0.25) is 0 Å². The van der Waals surface area contributed by atoms with Gasteiger partial charge in [-0.2, -0.15) is 0 Å². The minimum atomic E-state index is -0.451. The molecule has 0 bridgehead atoms. The van der Waals surface area contributed by atoms with Gasteiger partial charge < -0.3 is 18.6 Å². The second-order valence-corrected chi connectivity index (χ2v) is 5.35. The van der Waals surface area contributed by atoms with Crippen molar-refractivity contribution in [2.75, 3.05) is 14.2 Å². The van der Waals surface area contributed by atoms with E-state index in [9.17, 15) is 4.79 Å². The van der Waals surface area contributed by atoms with Crippen molar-refractivity contribution in [1.29, 1.82) is 0 Å². The third kappa shape index (κ3) is 2.05. The lowest BCUT2D eigenvalue weighted by atomic mass is 9.99. The van der Waals surface area contributed by atoms with E-state index in [-0.39, 0.29) is 0 Å². The van der Waals surface area contributed by atoms with E-state index < -0.39 is 11.2 Å². The van der Waals surface area contributed by atoms with Crippen molar-refractivity contribution in [1.82, 2.24) is 0 Å². The van der Waals surface area contributed by atoms with E-state index in [1.165, 1.54) is 13.2 Å². The Morgan fingerprint density at radius 3 is 2.48 bits per heavy atom. The Kier molecular flexibility index (Phi) is 2.93. The van der Waals surface area contributed by atoms with Gasteiger partial charge in [-0.1, -0.05) is 0 Å². The number of benzene rings is 1. The number of hydrogen-bond donors (Lipinski definition) is 0. The van der Waals surface area contributed by atoms with Crippen molar-refractivity contribution in [2.24, 2.45) is 0 Å². The molecule has 0 fully saturated rings. The van der Waals surface area contributed by atoms with Crippen molar-refractivity contribution < 1.29 is 18.6 Å². The van der Waals surface area contributed by atoms with Gasteiger partial charge in [0.15, 0.2) is 11.3 Å². The number of methoxy groups -OCH3 is 2. The van der Waals surface area contributed by atoms with Crippen LogP contribution >= 0.6 is 0 Å². The Hall–Kier alpha value is -2.43. The van der Waals surface area contributed by atoms with Crippen LogP contribution in [-0.2, 0) is 0 Å². The van der Waals surface area contributed by atoms with Crippen LogP contribution in [0.5, 0.6) is 17.2 Å². The molecule has 5 nitrogen and oxygen atoms in total. The molecule has 0 N–H and O–H groups in total. The van der Waals surface area contributed by atoms with Crippen LogP contribution in [0.2, 0.25) is 0 Å². The van der Waals surface area contributed by atoms with E-state index in [1.54, 1.807) is 13.2 Å². The summed E-state index contributed by atoms with van der Waals surface area (Å²) in [6.45, 7) is 3.90. The standard InChI is InChI=1S/C16H16O5/c1-16(2)8-7-10-12(21-16)9-5-6-11(17)20-14(9)15(19-4)13(10)18-3/h5-8H,1-4H3. The zero-order valence-corrected chi connectivity index (χ0v) is 12.4. The van der Waals surface area contributed by atoms with Crippen LogP contribution < -0.4 is 19.8 Å². The molecular formula is C16H16O5. The molecule has 1 aliphatic rings. The molecule has 0 saturated carbocycles. The molecular weight excluding hydrogens is 272 g/mol. The summed E-state index contributed by atoms with van der Waals surface area (Å²) in [7, 11) is 3.05. The van der Waals surface area contributed by atoms with Crippen molar-refractivity contribution >= 4 is 17.0 Å². The van der Waals surface area contributed by atoms with Crippen molar-refractivity contribution in [3.63, 3.8) is 0 Å². The molecule has 0 saturated heterocycles. The SMILES string of the molecule is COc1c2c(c3ccc(=O)oc3c1OC)OC(C)(C)C=C2. The quantitative estimate of drug-likeness (QED) is 0.795. The Bertz CT molecular complexity index is 798. The number of ether oxygens (including phenoxy) is 3. The van der Waals surface area contributed by atoms with Crippen LogP contribution in [0.15, 0.2) is 27.4 Å². The molecule has 1 aliphatic heterocycles. The molecule has 0 atom stereocenters. The summed E-state index contributed by atoms with van der Waals surface area (Å²) < 4.78 is 22.1. The molecule has 21 heavy (non-hydrogen) atoms. The summed E-state index contributed by atoms with van der Waals surface area (Å²) in [4.78, 5) is 11.5. The van der Waals surface area contributed by atoms with E-state index in [0.29, 0.717) is 28.2 Å². The molecule has 2 heterocycles. The lowest BCUT2D eigenvalue weighted by Gasteiger charge is -2.30. The molecule has 0 spiro atoms. The monoisotopic (exact) mass is 288 g/mol. The third-order valence-corrected chi connectivity index (χ3v) is 3.40. The average molecular weight is 288 g/mol. The highest BCUT2D eigenvalue weighted by atomic mass is 16.5. The van der Waals surface area contributed by atoms with E-state index in [0.717, 1.165) is 5.56 Å². The van der Waals surface area contributed by atoms with Crippen LogP contribution in [0.4, 0.5) is 0 Å². The van der Waals surface area contributed by atoms with Crippen LogP contribution in [0.1, 0.15) is 19.4 Å². The molecule has 1 aromatic heterocycles. The first kappa shape index (κ1) is 13.5. The van der Waals surface area contributed by atoms with Crippen LogP contribution in [-0.4, -0.2) is 19.8 Å². The Balaban J connectivity index is 2.47. The number of fused-ring (bicyclic) bond motifs is 3. The number of rotatable bonds is 2. The van der Waals surface area contributed by atoms with Gasteiger partial charge in [-0.05, 0) is 32.1 Å². The van der Waals surface area contributed by atoms with E-state index in [1.807, 2.05) is 26.0 Å². The van der Waals surface area contributed by atoms with E-state index >= 15 is 0 Å². The largest absolute Gasteiger partial charge is 0.492 e. The molecule has 0 aliphatic carbocycles. The maximum Gasteiger partial charge on any atom is 0.336 e. The fourth-order valence-corrected chi connectivity index (χ4v) is 2.47. The number of hydrogen-bond acceptors (Lipinski definition) is 5. The van der Waals surface area contributed by atoms with Crippen molar-refractivity contribution in [2.45, 2.75) is 19.4 Å². The van der Waals surface area contributed by atoms with Gasteiger partial charge >= 0.3 is 5.63 Å². The highest BCUT2D eigenvalue weighted by Crippen LogP contribution is 2.48. The summed E-state index contributed by atoms with van der Waals surface area (Å²) in [5, 5.41) is 0.680.